The summed E-state index contributed by atoms with van der Waals surface area (Å²) in [5, 5.41) is 0. The summed E-state index contributed by atoms with van der Waals surface area (Å²) in [6.45, 7) is 1.99. The van der Waals surface area contributed by atoms with E-state index in [2.05, 4.69) is 15.8 Å². The number of carbonyl (C=O) groups excluding carboxylic acids is 2. The molecule has 0 aliphatic heterocycles. The van der Waals surface area contributed by atoms with E-state index >= 15 is 0 Å². The lowest BCUT2D eigenvalue weighted by Gasteiger charge is -2.06. The van der Waals surface area contributed by atoms with Gasteiger partial charge in [-0.2, -0.15) is 0 Å². The SMILES string of the molecule is Cc1ccc(CC(=O)NNC(=O)c2ccc[nH]2)cc1. The highest BCUT2D eigenvalue weighted by Crippen LogP contribution is 2.03. The molecular formula is C14H15N3O2. The molecule has 5 nitrogen and oxygen atoms in total. The molecule has 2 amide bonds. The zero-order chi connectivity index (χ0) is 13.7. The number of carbonyl (C=O) groups is 2. The average Bonchev–Trinajstić information content (AvgIpc) is 2.93. The quantitative estimate of drug-likeness (QED) is 0.726. The minimum absolute atomic E-state index is 0.227. The third-order valence-electron chi connectivity index (χ3n) is 2.64. The van der Waals surface area contributed by atoms with E-state index in [1.54, 1.807) is 18.3 Å². The number of hydrazine groups is 1. The molecule has 2 aromatic rings. The van der Waals surface area contributed by atoms with Gasteiger partial charge in [0.15, 0.2) is 0 Å². The predicted octanol–water partition coefficient (Wildman–Crippen LogP) is 1.33. The third kappa shape index (κ3) is 3.70. The zero-order valence-corrected chi connectivity index (χ0v) is 10.6. The first-order valence-corrected chi connectivity index (χ1v) is 5.93. The summed E-state index contributed by atoms with van der Waals surface area (Å²) in [5.74, 6) is -0.633. The second-order valence-electron chi connectivity index (χ2n) is 4.25. The number of nitrogens with one attached hydrogen (secondary N) is 3. The molecule has 0 bridgehead atoms. The van der Waals surface area contributed by atoms with Crippen molar-refractivity contribution in [3.63, 3.8) is 0 Å². The first kappa shape index (κ1) is 12.9. The summed E-state index contributed by atoms with van der Waals surface area (Å²) in [7, 11) is 0. The van der Waals surface area contributed by atoms with Gasteiger partial charge in [-0.25, -0.2) is 0 Å². The van der Waals surface area contributed by atoms with Crippen LogP contribution in [0.5, 0.6) is 0 Å². The highest BCUT2D eigenvalue weighted by atomic mass is 16.2. The molecule has 0 spiro atoms. The Hall–Kier alpha value is -2.56. The number of aryl methyl sites for hydroxylation is 1. The number of aromatic nitrogens is 1. The lowest BCUT2D eigenvalue weighted by Crippen LogP contribution is -2.42. The topological polar surface area (TPSA) is 74.0 Å². The van der Waals surface area contributed by atoms with Crippen molar-refractivity contribution in [3.8, 4) is 0 Å². The molecule has 2 rings (SSSR count). The van der Waals surface area contributed by atoms with Crippen molar-refractivity contribution in [2.24, 2.45) is 0 Å². The van der Waals surface area contributed by atoms with E-state index in [4.69, 9.17) is 0 Å². The molecule has 0 saturated carbocycles. The molecule has 3 N–H and O–H groups in total. The average molecular weight is 257 g/mol. The third-order valence-corrected chi connectivity index (χ3v) is 2.64. The summed E-state index contributed by atoms with van der Waals surface area (Å²) < 4.78 is 0. The van der Waals surface area contributed by atoms with Crippen LogP contribution in [-0.2, 0) is 11.2 Å². The number of aromatic amines is 1. The van der Waals surface area contributed by atoms with Crippen LogP contribution in [0.4, 0.5) is 0 Å². The van der Waals surface area contributed by atoms with Gasteiger partial charge in [0.2, 0.25) is 5.91 Å². The van der Waals surface area contributed by atoms with Gasteiger partial charge in [-0.3, -0.25) is 20.4 Å². The van der Waals surface area contributed by atoms with Crippen LogP contribution in [0, 0.1) is 6.92 Å². The summed E-state index contributed by atoms with van der Waals surface area (Å²) in [6.07, 6.45) is 1.87. The second kappa shape index (κ2) is 5.86. The minimum atomic E-state index is -0.373. The van der Waals surface area contributed by atoms with Crippen molar-refractivity contribution in [1.82, 2.24) is 15.8 Å². The number of amides is 2. The number of rotatable bonds is 3. The van der Waals surface area contributed by atoms with E-state index in [1.165, 1.54) is 0 Å². The van der Waals surface area contributed by atoms with E-state index < -0.39 is 0 Å². The molecule has 0 radical (unpaired) electrons. The van der Waals surface area contributed by atoms with Gasteiger partial charge in [0.25, 0.3) is 5.91 Å². The van der Waals surface area contributed by atoms with Gasteiger partial charge in [-0.1, -0.05) is 29.8 Å². The maximum Gasteiger partial charge on any atom is 0.286 e. The molecule has 5 heteroatoms. The minimum Gasteiger partial charge on any atom is -0.357 e. The van der Waals surface area contributed by atoms with E-state index in [0.717, 1.165) is 11.1 Å². The Balaban J connectivity index is 1.82. The molecule has 0 atom stereocenters. The highest BCUT2D eigenvalue weighted by Gasteiger charge is 2.07. The maximum absolute atomic E-state index is 11.6. The van der Waals surface area contributed by atoms with Gasteiger partial charge in [0, 0.05) is 6.20 Å². The molecule has 1 heterocycles. The zero-order valence-electron chi connectivity index (χ0n) is 10.6. The Morgan fingerprint density at radius 1 is 1.11 bits per heavy atom. The van der Waals surface area contributed by atoms with Crippen molar-refractivity contribution >= 4 is 11.8 Å². The summed E-state index contributed by atoms with van der Waals surface area (Å²) in [6, 6.07) is 11.0. The van der Waals surface area contributed by atoms with Gasteiger partial charge in [0.1, 0.15) is 5.69 Å². The van der Waals surface area contributed by atoms with Crippen LogP contribution < -0.4 is 10.9 Å². The van der Waals surface area contributed by atoms with Crippen LogP contribution in [-0.4, -0.2) is 16.8 Å². The fraction of sp³-hybridized carbons (Fsp3) is 0.143. The Kier molecular flexibility index (Phi) is 3.97. The van der Waals surface area contributed by atoms with Crippen molar-refractivity contribution in [2.45, 2.75) is 13.3 Å². The van der Waals surface area contributed by atoms with E-state index in [0.29, 0.717) is 5.69 Å². The molecule has 0 aliphatic rings. The van der Waals surface area contributed by atoms with Gasteiger partial charge >= 0.3 is 0 Å². The van der Waals surface area contributed by atoms with Crippen molar-refractivity contribution in [1.29, 1.82) is 0 Å². The van der Waals surface area contributed by atoms with Crippen LogP contribution in [0.2, 0.25) is 0 Å². The smallest absolute Gasteiger partial charge is 0.286 e. The molecular weight excluding hydrogens is 242 g/mol. The predicted molar refractivity (Wildman–Crippen MR) is 71.3 cm³/mol. The molecule has 0 unspecified atom stereocenters. The number of benzene rings is 1. The van der Waals surface area contributed by atoms with Crippen molar-refractivity contribution in [3.05, 3.63) is 59.4 Å². The Labute approximate surface area is 111 Å². The van der Waals surface area contributed by atoms with E-state index in [1.807, 2.05) is 31.2 Å². The molecule has 1 aromatic heterocycles. The largest absolute Gasteiger partial charge is 0.357 e. The molecule has 0 fully saturated rings. The lowest BCUT2D eigenvalue weighted by atomic mass is 10.1. The monoisotopic (exact) mass is 257 g/mol. The molecule has 98 valence electrons. The summed E-state index contributed by atoms with van der Waals surface area (Å²) >= 11 is 0. The van der Waals surface area contributed by atoms with Crippen LogP contribution in [0.3, 0.4) is 0 Å². The maximum atomic E-state index is 11.6. The first-order valence-electron chi connectivity index (χ1n) is 5.93. The Bertz CT molecular complexity index is 559. The first-order chi connectivity index (χ1) is 9.15. The van der Waals surface area contributed by atoms with Crippen LogP contribution >= 0.6 is 0 Å². The normalized spacial score (nSPS) is 9.95. The highest BCUT2D eigenvalue weighted by molar-refractivity contribution is 5.93. The molecule has 1 aromatic carbocycles. The van der Waals surface area contributed by atoms with Gasteiger partial charge in [0.05, 0.1) is 6.42 Å². The van der Waals surface area contributed by atoms with Gasteiger partial charge in [-0.05, 0) is 24.6 Å². The Morgan fingerprint density at radius 3 is 2.47 bits per heavy atom. The van der Waals surface area contributed by atoms with E-state index in [-0.39, 0.29) is 18.2 Å². The summed E-state index contributed by atoms with van der Waals surface area (Å²) in [5.41, 5.74) is 7.16. The fourth-order valence-corrected chi connectivity index (χ4v) is 1.60. The fourth-order valence-electron chi connectivity index (χ4n) is 1.60. The van der Waals surface area contributed by atoms with Crippen LogP contribution in [0.25, 0.3) is 0 Å². The molecule has 0 saturated heterocycles. The summed E-state index contributed by atoms with van der Waals surface area (Å²) in [4.78, 5) is 25.9. The number of hydrogen-bond acceptors (Lipinski definition) is 2. The van der Waals surface area contributed by atoms with Crippen LogP contribution in [0.15, 0.2) is 42.6 Å². The standard InChI is InChI=1S/C14H15N3O2/c1-10-4-6-11(7-5-10)9-13(18)16-17-14(19)12-3-2-8-15-12/h2-8,15H,9H2,1H3,(H,16,18)(H,17,19). The van der Waals surface area contributed by atoms with Gasteiger partial charge < -0.3 is 4.98 Å². The van der Waals surface area contributed by atoms with E-state index in [9.17, 15) is 9.59 Å². The Morgan fingerprint density at radius 2 is 1.84 bits per heavy atom. The number of H-pyrrole nitrogens is 1. The second-order valence-corrected chi connectivity index (χ2v) is 4.25. The molecule has 0 aliphatic carbocycles. The molecule has 19 heavy (non-hydrogen) atoms. The number of hydrogen-bond donors (Lipinski definition) is 3. The van der Waals surface area contributed by atoms with Crippen molar-refractivity contribution in [2.75, 3.05) is 0 Å². The van der Waals surface area contributed by atoms with Gasteiger partial charge in [-0.15, -0.1) is 0 Å². The lowest BCUT2D eigenvalue weighted by molar-refractivity contribution is -0.121. The van der Waals surface area contributed by atoms with Crippen molar-refractivity contribution < 1.29 is 9.59 Å². The van der Waals surface area contributed by atoms with Crippen LogP contribution in [0.1, 0.15) is 21.6 Å².